The first-order chi connectivity index (χ1) is 9.94. The van der Waals surface area contributed by atoms with Crippen molar-refractivity contribution in [2.75, 3.05) is 7.05 Å². The molecule has 21 heavy (non-hydrogen) atoms. The lowest BCUT2D eigenvalue weighted by atomic mass is 10.1. The normalized spacial score (nSPS) is 11.8. The van der Waals surface area contributed by atoms with Crippen molar-refractivity contribution in [2.45, 2.75) is 24.9 Å². The van der Waals surface area contributed by atoms with Gasteiger partial charge < -0.3 is 5.32 Å². The first kappa shape index (κ1) is 16.6. The SMILES string of the molecule is CNCc1cc(C)c(Br)c(S(=O)(=O)NCc2cccs2)c1. The molecule has 4 nitrogen and oxygen atoms in total. The quantitative estimate of drug-likeness (QED) is 0.799. The Morgan fingerprint density at radius 1 is 1.29 bits per heavy atom. The number of nitrogens with one attached hydrogen (secondary N) is 2. The molecule has 2 N–H and O–H groups in total. The summed E-state index contributed by atoms with van der Waals surface area (Å²) in [6.45, 7) is 2.82. The molecule has 0 saturated carbocycles. The van der Waals surface area contributed by atoms with Crippen molar-refractivity contribution >= 4 is 37.3 Å². The van der Waals surface area contributed by atoms with Crippen LogP contribution in [0.5, 0.6) is 0 Å². The molecule has 0 atom stereocenters. The molecule has 0 aliphatic rings. The summed E-state index contributed by atoms with van der Waals surface area (Å²) >= 11 is 4.91. The third kappa shape index (κ3) is 4.14. The van der Waals surface area contributed by atoms with E-state index in [9.17, 15) is 8.42 Å². The molecule has 1 heterocycles. The number of hydrogen-bond donors (Lipinski definition) is 2. The molecule has 0 bridgehead atoms. The van der Waals surface area contributed by atoms with Crippen LogP contribution in [0.2, 0.25) is 0 Å². The number of benzene rings is 1. The standard InChI is InChI=1S/C14H17BrN2O2S2/c1-10-6-11(8-16-2)7-13(14(10)15)21(18,19)17-9-12-4-3-5-20-12/h3-7,16-17H,8-9H2,1-2H3. The van der Waals surface area contributed by atoms with E-state index >= 15 is 0 Å². The first-order valence-corrected chi connectivity index (χ1v) is 9.55. The maximum Gasteiger partial charge on any atom is 0.242 e. The Kier molecular flexibility index (Phi) is 5.56. The molecule has 0 fully saturated rings. The highest BCUT2D eigenvalue weighted by atomic mass is 79.9. The fourth-order valence-electron chi connectivity index (χ4n) is 1.97. The third-order valence-electron chi connectivity index (χ3n) is 2.97. The molecule has 1 aromatic carbocycles. The summed E-state index contributed by atoms with van der Waals surface area (Å²) in [6, 6.07) is 7.48. The Labute approximate surface area is 137 Å². The fourth-order valence-corrected chi connectivity index (χ4v) is 4.78. The Balaban J connectivity index is 2.30. The van der Waals surface area contributed by atoms with Crippen LogP contribution in [0.1, 0.15) is 16.0 Å². The van der Waals surface area contributed by atoms with E-state index in [1.54, 1.807) is 6.07 Å². The van der Waals surface area contributed by atoms with E-state index in [1.165, 1.54) is 11.3 Å². The Morgan fingerprint density at radius 3 is 2.67 bits per heavy atom. The average molecular weight is 389 g/mol. The van der Waals surface area contributed by atoms with Crippen molar-refractivity contribution in [3.05, 3.63) is 50.1 Å². The molecule has 0 aliphatic carbocycles. The highest BCUT2D eigenvalue weighted by Crippen LogP contribution is 2.27. The predicted octanol–water partition coefficient (Wildman–Crippen LogP) is 3.02. The van der Waals surface area contributed by atoms with Crippen LogP contribution in [-0.2, 0) is 23.1 Å². The number of sulfonamides is 1. The molecular weight excluding hydrogens is 372 g/mol. The number of thiophene rings is 1. The zero-order chi connectivity index (χ0) is 15.5. The summed E-state index contributed by atoms with van der Waals surface area (Å²) < 4.78 is 28.3. The second-order valence-corrected chi connectivity index (χ2v) is 8.22. The molecular formula is C14H17BrN2O2S2. The van der Waals surface area contributed by atoms with Crippen molar-refractivity contribution in [1.82, 2.24) is 10.0 Å². The second kappa shape index (κ2) is 7.02. The van der Waals surface area contributed by atoms with Gasteiger partial charge in [-0.2, -0.15) is 0 Å². The van der Waals surface area contributed by atoms with Crippen molar-refractivity contribution in [3.8, 4) is 0 Å². The van der Waals surface area contributed by atoms with Gasteiger partial charge in [0.25, 0.3) is 0 Å². The van der Waals surface area contributed by atoms with E-state index in [0.29, 0.717) is 17.6 Å². The summed E-state index contributed by atoms with van der Waals surface area (Å²) in [7, 11) is -1.71. The third-order valence-corrected chi connectivity index (χ3v) is 6.58. The minimum atomic E-state index is -3.55. The van der Waals surface area contributed by atoms with Crippen LogP contribution in [0.4, 0.5) is 0 Å². The summed E-state index contributed by atoms with van der Waals surface area (Å²) in [5.41, 5.74) is 1.84. The molecule has 0 radical (unpaired) electrons. The highest BCUT2D eigenvalue weighted by Gasteiger charge is 2.19. The lowest BCUT2D eigenvalue weighted by Gasteiger charge is -2.12. The van der Waals surface area contributed by atoms with E-state index in [-0.39, 0.29) is 4.90 Å². The first-order valence-electron chi connectivity index (χ1n) is 6.39. The average Bonchev–Trinajstić information content (AvgIpc) is 2.94. The van der Waals surface area contributed by atoms with Gasteiger partial charge in [0.2, 0.25) is 10.0 Å². The predicted molar refractivity (Wildman–Crippen MR) is 90.0 cm³/mol. The van der Waals surface area contributed by atoms with Gasteiger partial charge in [-0.1, -0.05) is 12.1 Å². The minimum absolute atomic E-state index is 0.282. The summed E-state index contributed by atoms with van der Waals surface area (Å²) in [5, 5.41) is 4.96. The molecule has 7 heteroatoms. The maximum atomic E-state index is 12.5. The van der Waals surface area contributed by atoms with Gasteiger partial charge >= 0.3 is 0 Å². The van der Waals surface area contributed by atoms with Crippen LogP contribution < -0.4 is 10.0 Å². The van der Waals surface area contributed by atoms with Crippen LogP contribution in [0.15, 0.2) is 39.0 Å². The van der Waals surface area contributed by atoms with Gasteiger partial charge in [-0.05, 0) is 58.5 Å². The van der Waals surface area contributed by atoms with Gasteiger partial charge in [0.1, 0.15) is 0 Å². The van der Waals surface area contributed by atoms with Gasteiger partial charge in [0.05, 0.1) is 4.90 Å². The number of rotatable bonds is 6. The summed E-state index contributed by atoms with van der Waals surface area (Å²) in [5.74, 6) is 0. The summed E-state index contributed by atoms with van der Waals surface area (Å²) in [6.07, 6.45) is 0. The van der Waals surface area contributed by atoms with Gasteiger partial charge in [0, 0.05) is 22.4 Å². The van der Waals surface area contributed by atoms with Gasteiger partial charge in [-0.3, -0.25) is 0 Å². The topological polar surface area (TPSA) is 58.2 Å². The fraction of sp³-hybridized carbons (Fsp3) is 0.286. The second-order valence-electron chi connectivity index (χ2n) is 4.66. The molecule has 0 spiro atoms. The van der Waals surface area contributed by atoms with E-state index < -0.39 is 10.0 Å². The number of hydrogen-bond acceptors (Lipinski definition) is 4. The molecule has 2 aromatic rings. The Hall–Kier alpha value is -0.730. The van der Waals surface area contributed by atoms with Crippen molar-refractivity contribution in [3.63, 3.8) is 0 Å². The van der Waals surface area contributed by atoms with E-state index in [4.69, 9.17) is 0 Å². The number of halogens is 1. The van der Waals surface area contributed by atoms with E-state index in [1.807, 2.05) is 37.6 Å². The van der Waals surface area contributed by atoms with Crippen molar-refractivity contribution in [1.29, 1.82) is 0 Å². The lowest BCUT2D eigenvalue weighted by Crippen LogP contribution is -2.23. The van der Waals surface area contributed by atoms with Crippen LogP contribution in [-0.4, -0.2) is 15.5 Å². The molecule has 2 rings (SSSR count). The summed E-state index contributed by atoms with van der Waals surface area (Å²) in [4.78, 5) is 1.27. The number of aryl methyl sites for hydroxylation is 1. The molecule has 0 aliphatic heterocycles. The Morgan fingerprint density at radius 2 is 2.05 bits per heavy atom. The van der Waals surface area contributed by atoms with Crippen LogP contribution in [0.25, 0.3) is 0 Å². The van der Waals surface area contributed by atoms with Gasteiger partial charge in [0.15, 0.2) is 0 Å². The van der Waals surface area contributed by atoms with Crippen LogP contribution in [0, 0.1) is 6.92 Å². The van der Waals surface area contributed by atoms with Crippen molar-refractivity contribution < 1.29 is 8.42 Å². The minimum Gasteiger partial charge on any atom is -0.316 e. The molecule has 0 saturated heterocycles. The Bertz CT molecular complexity index is 713. The molecule has 114 valence electrons. The van der Waals surface area contributed by atoms with E-state index in [0.717, 1.165) is 16.0 Å². The van der Waals surface area contributed by atoms with Gasteiger partial charge in [-0.25, -0.2) is 13.1 Å². The van der Waals surface area contributed by atoms with Crippen LogP contribution in [0.3, 0.4) is 0 Å². The monoisotopic (exact) mass is 388 g/mol. The van der Waals surface area contributed by atoms with Gasteiger partial charge in [-0.15, -0.1) is 11.3 Å². The largest absolute Gasteiger partial charge is 0.316 e. The molecule has 0 unspecified atom stereocenters. The van der Waals surface area contributed by atoms with Crippen molar-refractivity contribution in [2.24, 2.45) is 0 Å². The van der Waals surface area contributed by atoms with E-state index in [2.05, 4.69) is 26.0 Å². The molecule has 0 amide bonds. The highest BCUT2D eigenvalue weighted by molar-refractivity contribution is 9.10. The zero-order valence-electron chi connectivity index (χ0n) is 11.8. The lowest BCUT2D eigenvalue weighted by molar-refractivity contribution is 0.581. The zero-order valence-corrected chi connectivity index (χ0v) is 15.0. The molecule has 1 aromatic heterocycles. The smallest absolute Gasteiger partial charge is 0.242 e. The maximum absolute atomic E-state index is 12.5. The van der Waals surface area contributed by atoms with Crippen LogP contribution >= 0.6 is 27.3 Å².